The molecule has 0 spiro atoms. The molecule has 0 saturated carbocycles. The van der Waals surface area contributed by atoms with Crippen LogP contribution in [-0.4, -0.2) is 21.0 Å². The molecule has 0 radical (unpaired) electrons. The fourth-order valence-corrected chi connectivity index (χ4v) is 3.09. The van der Waals surface area contributed by atoms with Gasteiger partial charge in [-0.2, -0.15) is 0 Å². The highest BCUT2D eigenvalue weighted by atomic mass is 32.1. The maximum absolute atomic E-state index is 11.2. The van der Waals surface area contributed by atoms with Crippen molar-refractivity contribution in [3.05, 3.63) is 21.5 Å². The van der Waals surface area contributed by atoms with Gasteiger partial charge in [-0.1, -0.05) is 20.8 Å². The number of hydrogen-bond donors (Lipinski definition) is 1. The number of thiazole rings is 2. The van der Waals surface area contributed by atoms with E-state index < -0.39 is 5.97 Å². The summed E-state index contributed by atoms with van der Waals surface area (Å²) in [5, 5.41) is 11.7. The Hall–Kier alpha value is -1.27. The Bertz CT molecular complexity index is 538. The van der Waals surface area contributed by atoms with E-state index in [0.717, 1.165) is 5.69 Å². The lowest BCUT2D eigenvalue weighted by Gasteiger charge is -2.15. The molecule has 0 saturated heterocycles. The highest BCUT2D eigenvalue weighted by Crippen LogP contribution is 2.34. The lowest BCUT2D eigenvalue weighted by molar-refractivity contribution is 0.0699. The summed E-state index contributed by atoms with van der Waals surface area (Å²) in [6.45, 7) is 5.87. The normalized spacial score (nSPS) is 11.7. The van der Waals surface area contributed by atoms with E-state index in [1.54, 1.807) is 5.51 Å². The van der Waals surface area contributed by atoms with Crippen molar-refractivity contribution < 1.29 is 9.90 Å². The first kappa shape index (κ1) is 12.2. The maximum atomic E-state index is 11.2. The molecular formula is C11H12N2O2S2. The second-order valence-electron chi connectivity index (χ2n) is 4.63. The van der Waals surface area contributed by atoms with Crippen LogP contribution in [0.1, 0.15) is 36.1 Å². The van der Waals surface area contributed by atoms with Crippen molar-refractivity contribution in [1.82, 2.24) is 9.97 Å². The SMILES string of the molecule is CC(C)(C)c1nc(-c2cscn2)sc1C(=O)O. The van der Waals surface area contributed by atoms with E-state index in [4.69, 9.17) is 0 Å². The van der Waals surface area contributed by atoms with E-state index in [-0.39, 0.29) is 5.41 Å². The second kappa shape index (κ2) is 4.19. The fraction of sp³-hybridized carbons (Fsp3) is 0.364. The zero-order chi connectivity index (χ0) is 12.6. The number of hydrogen-bond acceptors (Lipinski definition) is 5. The third-order valence-electron chi connectivity index (χ3n) is 2.18. The average Bonchev–Trinajstić information content (AvgIpc) is 2.85. The van der Waals surface area contributed by atoms with Crippen molar-refractivity contribution in [3.63, 3.8) is 0 Å². The van der Waals surface area contributed by atoms with Gasteiger partial charge in [-0.25, -0.2) is 14.8 Å². The number of carboxylic acids is 1. The number of carboxylic acid groups (broad SMARTS) is 1. The van der Waals surface area contributed by atoms with Gasteiger partial charge in [0.2, 0.25) is 0 Å². The minimum Gasteiger partial charge on any atom is -0.477 e. The van der Waals surface area contributed by atoms with Crippen molar-refractivity contribution >= 4 is 28.6 Å². The van der Waals surface area contributed by atoms with E-state index in [1.165, 1.54) is 22.7 Å². The minimum absolute atomic E-state index is 0.279. The molecule has 0 aliphatic carbocycles. The third-order valence-corrected chi connectivity index (χ3v) is 3.84. The molecule has 0 aliphatic rings. The van der Waals surface area contributed by atoms with Crippen molar-refractivity contribution in [2.45, 2.75) is 26.2 Å². The molecule has 0 atom stereocenters. The molecule has 0 aliphatic heterocycles. The van der Waals surface area contributed by atoms with Crippen LogP contribution in [0.15, 0.2) is 10.9 Å². The van der Waals surface area contributed by atoms with Crippen LogP contribution >= 0.6 is 22.7 Å². The summed E-state index contributed by atoms with van der Waals surface area (Å²) in [4.78, 5) is 20.1. The molecule has 1 N–H and O–H groups in total. The highest BCUT2D eigenvalue weighted by Gasteiger charge is 2.27. The van der Waals surface area contributed by atoms with E-state index in [1.807, 2.05) is 26.2 Å². The molecule has 2 aromatic rings. The van der Waals surface area contributed by atoms with E-state index in [2.05, 4.69) is 9.97 Å². The molecule has 0 aromatic carbocycles. The van der Waals surface area contributed by atoms with E-state index in [0.29, 0.717) is 15.6 Å². The third kappa shape index (κ3) is 2.37. The highest BCUT2D eigenvalue weighted by molar-refractivity contribution is 7.17. The number of rotatable bonds is 2. The molecule has 4 nitrogen and oxygen atoms in total. The van der Waals surface area contributed by atoms with Gasteiger partial charge in [-0.3, -0.25) is 0 Å². The zero-order valence-corrected chi connectivity index (χ0v) is 11.4. The fourth-order valence-electron chi connectivity index (χ4n) is 1.40. The first-order valence-corrected chi connectivity index (χ1v) is 6.78. The zero-order valence-electron chi connectivity index (χ0n) is 9.72. The first-order chi connectivity index (χ1) is 7.89. The molecular weight excluding hydrogens is 256 g/mol. The summed E-state index contributed by atoms with van der Waals surface area (Å²) in [6, 6.07) is 0. The van der Waals surface area contributed by atoms with Gasteiger partial charge in [0.1, 0.15) is 15.6 Å². The van der Waals surface area contributed by atoms with Gasteiger partial charge >= 0.3 is 5.97 Å². The number of aromatic carboxylic acids is 1. The van der Waals surface area contributed by atoms with Gasteiger partial charge < -0.3 is 5.11 Å². The summed E-state index contributed by atoms with van der Waals surface area (Å²) in [5.41, 5.74) is 2.81. The Labute approximate surface area is 107 Å². The van der Waals surface area contributed by atoms with Crippen molar-refractivity contribution in [1.29, 1.82) is 0 Å². The molecule has 2 aromatic heterocycles. The van der Waals surface area contributed by atoms with Crippen LogP contribution in [0, 0.1) is 0 Å². The van der Waals surface area contributed by atoms with Gasteiger partial charge in [-0.15, -0.1) is 22.7 Å². The minimum atomic E-state index is -0.922. The van der Waals surface area contributed by atoms with Crippen LogP contribution in [-0.2, 0) is 5.41 Å². The molecule has 0 fully saturated rings. The lowest BCUT2D eigenvalue weighted by Crippen LogP contribution is -2.16. The smallest absolute Gasteiger partial charge is 0.347 e. The predicted molar refractivity (Wildman–Crippen MR) is 68.9 cm³/mol. The van der Waals surface area contributed by atoms with Gasteiger partial charge in [-0.05, 0) is 0 Å². The Morgan fingerprint density at radius 3 is 2.53 bits per heavy atom. The molecule has 6 heteroatoms. The van der Waals surface area contributed by atoms with Crippen molar-refractivity contribution in [2.24, 2.45) is 0 Å². The molecule has 0 bridgehead atoms. The largest absolute Gasteiger partial charge is 0.477 e. The Morgan fingerprint density at radius 2 is 2.12 bits per heavy atom. The van der Waals surface area contributed by atoms with Crippen LogP contribution in [0.4, 0.5) is 0 Å². The summed E-state index contributed by atoms with van der Waals surface area (Å²) in [5.74, 6) is -0.922. The first-order valence-electron chi connectivity index (χ1n) is 5.03. The van der Waals surface area contributed by atoms with E-state index in [9.17, 15) is 9.90 Å². The number of aromatic nitrogens is 2. The Kier molecular flexibility index (Phi) is 3.01. The van der Waals surface area contributed by atoms with Gasteiger partial charge in [0.05, 0.1) is 11.2 Å². The van der Waals surface area contributed by atoms with Gasteiger partial charge in [0.25, 0.3) is 0 Å². The number of nitrogens with zero attached hydrogens (tertiary/aromatic N) is 2. The lowest BCUT2D eigenvalue weighted by atomic mass is 9.91. The van der Waals surface area contributed by atoms with E-state index >= 15 is 0 Å². The monoisotopic (exact) mass is 268 g/mol. The summed E-state index contributed by atoms with van der Waals surface area (Å²) in [7, 11) is 0. The quantitative estimate of drug-likeness (QED) is 0.908. The molecule has 2 rings (SSSR count). The second-order valence-corrected chi connectivity index (χ2v) is 6.34. The van der Waals surface area contributed by atoms with Gasteiger partial charge in [0, 0.05) is 10.8 Å². The Morgan fingerprint density at radius 1 is 1.41 bits per heavy atom. The topological polar surface area (TPSA) is 63.1 Å². The molecule has 2 heterocycles. The van der Waals surface area contributed by atoms with Crippen LogP contribution in [0.3, 0.4) is 0 Å². The Balaban J connectivity index is 2.56. The van der Waals surface area contributed by atoms with Crippen LogP contribution in [0.5, 0.6) is 0 Å². The van der Waals surface area contributed by atoms with Crippen molar-refractivity contribution in [2.75, 3.05) is 0 Å². The average molecular weight is 268 g/mol. The molecule has 0 amide bonds. The summed E-state index contributed by atoms with van der Waals surface area (Å²) in [6.07, 6.45) is 0. The van der Waals surface area contributed by atoms with Crippen LogP contribution in [0.2, 0.25) is 0 Å². The maximum Gasteiger partial charge on any atom is 0.347 e. The summed E-state index contributed by atoms with van der Waals surface area (Å²) >= 11 is 2.66. The van der Waals surface area contributed by atoms with Crippen molar-refractivity contribution in [3.8, 4) is 10.7 Å². The van der Waals surface area contributed by atoms with Crippen LogP contribution < -0.4 is 0 Å². The number of carbonyl (C=O) groups is 1. The van der Waals surface area contributed by atoms with Gasteiger partial charge in [0.15, 0.2) is 0 Å². The summed E-state index contributed by atoms with van der Waals surface area (Å²) < 4.78 is 0. The predicted octanol–water partition coefficient (Wildman–Crippen LogP) is 3.26. The molecule has 0 unspecified atom stereocenters. The molecule has 17 heavy (non-hydrogen) atoms. The van der Waals surface area contributed by atoms with Crippen LogP contribution in [0.25, 0.3) is 10.7 Å². The standard InChI is InChI=1S/C11H12N2O2S2/c1-11(2,3)8-7(10(14)15)17-9(13-8)6-4-16-5-12-6/h4-5H,1-3H3,(H,14,15). The molecule has 90 valence electrons.